The lowest BCUT2D eigenvalue weighted by Gasteiger charge is -2.24. The quantitative estimate of drug-likeness (QED) is 0.571. The number of anilines is 1. The number of alkyl halides is 1. The summed E-state index contributed by atoms with van der Waals surface area (Å²) in [5, 5.41) is 18.9. The van der Waals surface area contributed by atoms with E-state index in [0.717, 1.165) is 0 Å². The summed E-state index contributed by atoms with van der Waals surface area (Å²) in [5.41, 5.74) is 5.42. The molecule has 0 amide bonds. The molecule has 116 valence electrons. The zero-order valence-electron chi connectivity index (χ0n) is 11.4. The molecule has 9 heteroatoms. The monoisotopic (exact) mass is 300 g/mol. The molecule has 1 unspecified atom stereocenters. The van der Waals surface area contributed by atoms with Gasteiger partial charge < -0.3 is 25.3 Å². The fourth-order valence-electron chi connectivity index (χ4n) is 2.03. The zero-order chi connectivity index (χ0) is 15.6. The van der Waals surface area contributed by atoms with Crippen LogP contribution in [0, 0.1) is 0 Å². The molecule has 5 N–H and O–H groups in total. The number of nitrogens with zero attached hydrogens (tertiary/aromatic N) is 2. The van der Waals surface area contributed by atoms with Gasteiger partial charge in [0.1, 0.15) is 25.1 Å². The van der Waals surface area contributed by atoms with Gasteiger partial charge in [-0.15, -0.1) is 0 Å². The first-order valence-corrected chi connectivity index (χ1v) is 6.34. The number of H-pyrrole nitrogens is 1. The summed E-state index contributed by atoms with van der Waals surface area (Å²) in [6.45, 7) is 0.0477. The summed E-state index contributed by atoms with van der Waals surface area (Å²) < 4.78 is 19.4. The van der Waals surface area contributed by atoms with Crippen LogP contribution >= 0.6 is 0 Å². The van der Waals surface area contributed by atoms with Crippen molar-refractivity contribution in [2.45, 2.75) is 25.4 Å². The number of hydrogen-bond acceptors (Lipinski definition) is 6. The number of halogens is 1. The van der Waals surface area contributed by atoms with Crippen LogP contribution in [0.4, 0.5) is 10.3 Å². The molecule has 0 bridgehead atoms. The van der Waals surface area contributed by atoms with E-state index in [0.29, 0.717) is 11.0 Å². The molecule has 0 aliphatic rings. The molecule has 2 rings (SSSR count). The SMILES string of the molecule is CC(O[C@H](CO)[C@@H](O)CF)n1ccc2c(=O)[nH]c(N)nc21. The molecule has 3 atom stereocenters. The summed E-state index contributed by atoms with van der Waals surface area (Å²) in [4.78, 5) is 18.1. The van der Waals surface area contributed by atoms with Crippen LogP contribution in [0.3, 0.4) is 0 Å². The molecule has 2 aromatic rings. The summed E-state index contributed by atoms with van der Waals surface area (Å²) in [7, 11) is 0. The molecule has 0 aliphatic carbocycles. The summed E-state index contributed by atoms with van der Waals surface area (Å²) in [6, 6.07) is 1.54. The second kappa shape index (κ2) is 6.20. The molecule has 0 aromatic carbocycles. The Morgan fingerprint density at radius 3 is 2.95 bits per heavy atom. The molecule has 0 saturated carbocycles. The molecule has 0 spiro atoms. The number of ether oxygens (including phenoxy) is 1. The molecule has 8 nitrogen and oxygen atoms in total. The third-order valence-electron chi connectivity index (χ3n) is 3.13. The van der Waals surface area contributed by atoms with E-state index in [2.05, 4.69) is 9.97 Å². The van der Waals surface area contributed by atoms with E-state index < -0.39 is 31.7 Å². The van der Waals surface area contributed by atoms with Gasteiger partial charge in [0.2, 0.25) is 5.95 Å². The number of hydrogen-bond donors (Lipinski definition) is 4. The maximum Gasteiger partial charge on any atom is 0.261 e. The number of nitrogens with two attached hydrogens (primary N) is 1. The minimum Gasteiger partial charge on any atom is -0.394 e. The van der Waals surface area contributed by atoms with Crippen molar-refractivity contribution in [3.05, 3.63) is 22.6 Å². The lowest BCUT2D eigenvalue weighted by atomic mass is 10.2. The number of nitrogen functional groups attached to an aromatic ring is 1. The highest BCUT2D eigenvalue weighted by atomic mass is 19.1. The van der Waals surface area contributed by atoms with E-state index in [1.807, 2.05) is 0 Å². The van der Waals surface area contributed by atoms with E-state index >= 15 is 0 Å². The number of aliphatic hydroxyl groups excluding tert-OH is 2. The fraction of sp³-hybridized carbons (Fsp3) is 0.500. The van der Waals surface area contributed by atoms with Crippen LogP contribution in [0.15, 0.2) is 17.1 Å². The van der Waals surface area contributed by atoms with Crippen molar-refractivity contribution in [2.75, 3.05) is 19.0 Å². The molecule has 0 fully saturated rings. The van der Waals surface area contributed by atoms with Crippen molar-refractivity contribution in [2.24, 2.45) is 0 Å². The van der Waals surface area contributed by atoms with Crippen molar-refractivity contribution in [1.82, 2.24) is 14.5 Å². The largest absolute Gasteiger partial charge is 0.394 e. The third kappa shape index (κ3) is 3.04. The summed E-state index contributed by atoms with van der Waals surface area (Å²) in [5.74, 6) is -0.0397. The van der Waals surface area contributed by atoms with Crippen molar-refractivity contribution in [3.63, 3.8) is 0 Å². The second-order valence-corrected chi connectivity index (χ2v) is 4.59. The Bertz CT molecular complexity index is 671. The highest BCUT2D eigenvalue weighted by molar-refractivity contribution is 5.75. The van der Waals surface area contributed by atoms with Crippen LogP contribution in [-0.2, 0) is 4.74 Å². The van der Waals surface area contributed by atoms with Crippen LogP contribution < -0.4 is 11.3 Å². The van der Waals surface area contributed by atoms with Gasteiger partial charge in [0, 0.05) is 6.20 Å². The number of aromatic nitrogens is 3. The fourth-order valence-corrected chi connectivity index (χ4v) is 2.03. The first-order chi connectivity index (χ1) is 9.97. The Balaban J connectivity index is 2.31. The van der Waals surface area contributed by atoms with Gasteiger partial charge in [-0.3, -0.25) is 9.78 Å². The Kier molecular flexibility index (Phi) is 4.56. The lowest BCUT2D eigenvalue weighted by Crippen LogP contribution is -2.35. The number of fused-ring (bicyclic) bond motifs is 1. The predicted octanol–water partition coefficient (Wildman–Crippen LogP) is -0.467. The van der Waals surface area contributed by atoms with Gasteiger partial charge in [-0.25, -0.2) is 4.39 Å². The van der Waals surface area contributed by atoms with Gasteiger partial charge >= 0.3 is 0 Å². The Labute approximate surface area is 119 Å². The molecular weight excluding hydrogens is 283 g/mol. The molecule has 21 heavy (non-hydrogen) atoms. The van der Waals surface area contributed by atoms with Gasteiger partial charge in [-0.1, -0.05) is 0 Å². The highest BCUT2D eigenvalue weighted by Gasteiger charge is 2.23. The normalized spacial score (nSPS) is 16.0. The van der Waals surface area contributed by atoms with Crippen molar-refractivity contribution < 1.29 is 19.3 Å². The smallest absolute Gasteiger partial charge is 0.261 e. The van der Waals surface area contributed by atoms with Gasteiger partial charge in [0.25, 0.3) is 5.56 Å². The average Bonchev–Trinajstić information content (AvgIpc) is 2.87. The topological polar surface area (TPSA) is 126 Å². The van der Waals surface area contributed by atoms with Gasteiger partial charge in [-0.05, 0) is 13.0 Å². The predicted molar refractivity (Wildman–Crippen MR) is 73.4 cm³/mol. The highest BCUT2D eigenvalue weighted by Crippen LogP contribution is 2.19. The Morgan fingerprint density at radius 2 is 2.33 bits per heavy atom. The second-order valence-electron chi connectivity index (χ2n) is 4.59. The van der Waals surface area contributed by atoms with Crippen molar-refractivity contribution >= 4 is 17.0 Å². The third-order valence-corrected chi connectivity index (χ3v) is 3.13. The number of nitrogens with one attached hydrogen (secondary N) is 1. The molecular formula is C12H17FN4O4. The van der Waals surface area contributed by atoms with Crippen LogP contribution in [-0.4, -0.2) is 50.2 Å². The summed E-state index contributed by atoms with van der Waals surface area (Å²) >= 11 is 0. The van der Waals surface area contributed by atoms with E-state index in [1.165, 1.54) is 4.57 Å². The molecule has 0 radical (unpaired) electrons. The van der Waals surface area contributed by atoms with Crippen LogP contribution in [0.2, 0.25) is 0 Å². The maximum absolute atomic E-state index is 12.5. The van der Waals surface area contributed by atoms with E-state index in [9.17, 15) is 14.3 Å². The van der Waals surface area contributed by atoms with Gasteiger partial charge in [-0.2, -0.15) is 4.98 Å². The number of rotatable bonds is 6. The first kappa shape index (κ1) is 15.4. The number of aromatic amines is 1. The Hall–Kier alpha value is -1.97. The van der Waals surface area contributed by atoms with E-state index in [-0.39, 0.29) is 11.5 Å². The van der Waals surface area contributed by atoms with Gasteiger partial charge in [0.05, 0.1) is 12.0 Å². The molecule has 0 saturated heterocycles. The minimum absolute atomic E-state index is 0.0397. The average molecular weight is 300 g/mol. The Morgan fingerprint density at radius 1 is 1.62 bits per heavy atom. The zero-order valence-corrected chi connectivity index (χ0v) is 11.4. The maximum atomic E-state index is 12.5. The van der Waals surface area contributed by atoms with Crippen LogP contribution in [0.25, 0.3) is 11.0 Å². The number of aliphatic hydroxyl groups is 2. The van der Waals surface area contributed by atoms with Gasteiger partial charge in [0.15, 0.2) is 5.65 Å². The molecule has 0 aliphatic heterocycles. The van der Waals surface area contributed by atoms with Crippen LogP contribution in [0.1, 0.15) is 13.2 Å². The standard InChI is InChI=1S/C12H17FN4O4/c1-6(21-9(5-18)8(19)4-13)17-3-2-7-10(17)15-12(14)16-11(7)20/h2-3,6,8-9,18-19H,4-5H2,1H3,(H3,14,15,16,20)/t6?,8-,9+/m0/s1. The van der Waals surface area contributed by atoms with Crippen molar-refractivity contribution in [3.8, 4) is 0 Å². The van der Waals surface area contributed by atoms with E-state index in [1.54, 1.807) is 19.2 Å². The molecule has 2 heterocycles. The minimum atomic E-state index is -1.43. The van der Waals surface area contributed by atoms with Crippen LogP contribution in [0.5, 0.6) is 0 Å². The summed E-state index contributed by atoms with van der Waals surface area (Å²) in [6.07, 6.45) is -1.63. The lowest BCUT2D eigenvalue weighted by molar-refractivity contribution is -0.119. The van der Waals surface area contributed by atoms with E-state index in [4.69, 9.17) is 15.6 Å². The van der Waals surface area contributed by atoms with Crippen molar-refractivity contribution in [1.29, 1.82) is 0 Å². The molecule has 2 aromatic heterocycles. The first-order valence-electron chi connectivity index (χ1n) is 6.34.